The molecule has 1 rings (SSSR count). The maximum atomic E-state index is 11.0. The van der Waals surface area contributed by atoms with Crippen LogP contribution in [0.1, 0.15) is 23.6 Å². The molecule has 0 saturated carbocycles. The normalized spacial score (nSPS) is 9.77. The van der Waals surface area contributed by atoms with E-state index < -0.39 is 0 Å². The van der Waals surface area contributed by atoms with Gasteiger partial charge in [-0.05, 0) is 25.5 Å². The zero-order chi connectivity index (χ0) is 10.0. The second kappa shape index (κ2) is 3.52. The van der Waals surface area contributed by atoms with Gasteiger partial charge in [0.2, 0.25) is 0 Å². The molecule has 0 aliphatic carbocycles. The van der Waals surface area contributed by atoms with E-state index in [4.69, 9.17) is 5.41 Å². The van der Waals surface area contributed by atoms with Crippen molar-refractivity contribution in [3.8, 4) is 0 Å². The van der Waals surface area contributed by atoms with Crippen molar-refractivity contribution in [1.29, 1.82) is 5.41 Å². The molecule has 68 valence electrons. The number of ketones is 1. The van der Waals surface area contributed by atoms with Crippen molar-refractivity contribution in [1.82, 2.24) is 0 Å². The van der Waals surface area contributed by atoms with Gasteiger partial charge in [0.1, 0.15) is 5.71 Å². The number of hydrogen-bond acceptors (Lipinski definition) is 2. The molecule has 0 radical (unpaired) electrons. The van der Waals surface area contributed by atoms with Crippen LogP contribution in [0.2, 0.25) is 0 Å². The minimum Gasteiger partial charge on any atom is -0.297 e. The molecule has 1 aromatic rings. The van der Waals surface area contributed by atoms with Crippen molar-refractivity contribution < 1.29 is 4.79 Å². The van der Waals surface area contributed by atoms with Crippen molar-refractivity contribution in [2.24, 2.45) is 0 Å². The molecule has 0 bridgehead atoms. The van der Waals surface area contributed by atoms with E-state index in [1.54, 1.807) is 0 Å². The summed E-state index contributed by atoms with van der Waals surface area (Å²) in [4.78, 5) is 11.0. The summed E-state index contributed by atoms with van der Waals surface area (Å²) in [6.45, 7) is 5.28. The van der Waals surface area contributed by atoms with E-state index in [9.17, 15) is 4.79 Å². The zero-order valence-corrected chi connectivity index (χ0v) is 8.14. The average molecular weight is 175 g/mol. The number of carbonyl (C=O) groups excluding carboxylic acids is 1. The molecule has 0 amide bonds. The van der Waals surface area contributed by atoms with Crippen LogP contribution in [0.4, 0.5) is 0 Å². The molecule has 0 aliphatic heterocycles. The smallest absolute Gasteiger partial charge is 0.178 e. The third-order valence-corrected chi connectivity index (χ3v) is 2.01. The number of aryl methyl sites for hydroxylation is 2. The van der Waals surface area contributed by atoms with E-state index in [2.05, 4.69) is 0 Å². The minimum atomic E-state index is -0.186. The average Bonchev–Trinajstić information content (AvgIpc) is 2.08. The summed E-state index contributed by atoms with van der Waals surface area (Å²) in [5.74, 6) is -0.186. The number of carbonyl (C=O) groups is 1. The van der Waals surface area contributed by atoms with E-state index in [-0.39, 0.29) is 11.5 Å². The molecule has 0 fully saturated rings. The first kappa shape index (κ1) is 9.65. The zero-order valence-electron chi connectivity index (χ0n) is 8.14. The van der Waals surface area contributed by atoms with E-state index in [0.717, 1.165) is 16.7 Å². The molecule has 0 unspecified atom stereocenters. The van der Waals surface area contributed by atoms with Gasteiger partial charge in [-0.15, -0.1) is 0 Å². The summed E-state index contributed by atoms with van der Waals surface area (Å²) in [6, 6.07) is 5.79. The summed E-state index contributed by atoms with van der Waals surface area (Å²) in [5.41, 5.74) is 2.89. The first-order valence-electron chi connectivity index (χ1n) is 4.19. The lowest BCUT2D eigenvalue weighted by molar-refractivity contribution is -0.111. The largest absolute Gasteiger partial charge is 0.297 e. The number of Topliss-reactive ketones (excluding diaryl/α,β-unsaturated/α-hetero) is 1. The molecule has 0 aromatic heterocycles. The van der Waals surface area contributed by atoms with E-state index in [1.807, 2.05) is 32.0 Å². The van der Waals surface area contributed by atoms with Gasteiger partial charge in [0, 0.05) is 12.5 Å². The summed E-state index contributed by atoms with van der Waals surface area (Å²) < 4.78 is 0. The molecule has 1 N–H and O–H groups in total. The van der Waals surface area contributed by atoms with E-state index in [1.165, 1.54) is 6.92 Å². The van der Waals surface area contributed by atoms with Crippen LogP contribution in [0.3, 0.4) is 0 Å². The molecule has 0 heterocycles. The Labute approximate surface area is 78.1 Å². The van der Waals surface area contributed by atoms with Gasteiger partial charge in [0.05, 0.1) is 0 Å². The second-order valence-electron chi connectivity index (χ2n) is 3.25. The van der Waals surface area contributed by atoms with Crippen molar-refractivity contribution in [2.45, 2.75) is 20.8 Å². The number of nitrogens with one attached hydrogen (secondary N) is 1. The van der Waals surface area contributed by atoms with Crippen LogP contribution in [-0.4, -0.2) is 11.5 Å². The molecule has 0 aliphatic rings. The van der Waals surface area contributed by atoms with Crippen LogP contribution in [0.25, 0.3) is 0 Å². The SMILES string of the molecule is CC(=O)C(=N)c1cc(C)ccc1C. The van der Waals surface area contributed by atoms with Gasteiger partial charge in [0.15, 0.2) is 5.78 Å². The van der Waals surface area contributed by atoms with Gasteiger partial charge in [-0.25, -0.2) is 0 Å². The van der Waals surface area contributed by atoms with Crippen LogP contribution in [-0.2, 0) is 4.79 Å². The first-order valence-corrected chi connectivity index (χ1v) is 4.19. The van der Waals surface area contributed by atoms with Gasteiger partial charge >= 0.3 is 0 Å². The summed E-state index contributed by atoms with van der Waals surface area (Å²) in [6.07, 6.45) is 0. The Morgan fingerprint density at radius 3 is 2.46 bits per heavy atom. The standard InChI is InChI=1S/C11H13NO/c1-7-4-5-8(2)10(6-7)11(12)9(3)13/h4-6,12H,1-3H3. The molecule has 13 heavy (non-hydrogen) atoms. The lowest BCUT2D eigenvalue weighted by Gasteiger charge is -2.05. The van der Waals surface area contributed by atoms with Crippen LogP contribution in [0.15, 0.2) is 18.2 Å². The third kappa shape index (κ3) is 2.02. The molecule has 1 aromatic carbocycles. The Balaban J connectivity index is 3.21. The number of rotatable bonds is 2. The lowest BCUT2D eigenvalue weighted by atomic mass is 10.00. The molecule has 0 saturated heterocycles. The molecular weight excluding hydrogens is 162 g/mol. The maximum Gasteiger partial charge on any atom is 0.178 e. The topological polar surface area (TPSA) is 40.9 Å². The molecule has 0 atom stereocenters. The summed E-state index contributed by atoms with van der Waals surface area (Å²) in [7, 11) is 0. The van der Waals surface area contributed by atoms with Crippen LogP contribution >= 0.6 is 0 Å². The Morgan fingerprint density at radius 1 is 1.31 bits per heavy atom. The van der Waals surface area contributed by atoms with Crippen LogP contribution in [0, 0.1) is 19.3 Å². The van der Waals surface area contributed by atoms with Crippen LogP contribution < -0.4 is 0 Å². The molecule has 0 spiro atoms. The first-order chi connectivity index (χ1) is 6.02. The Bertz CT molecular complexity index is 366. The van der Waals surface area contributed by atoms with E-state index >= 15 is 0 Å². The predicted octanol–water partition coefficient (Wildman–Crippen LogP) is 2.26. The number of hydrogen-bond donors (Lipinski definition) is 1. The monoisotopic (exact) mass is 175 g/mol. The minimum absolute atomic E-state index is 0.0983. The fourth-order valence-electron chi connectivity index (χ4n) is 1.19. The van der Waals surface area contributed by atoms with Gasteiger partial charge in [-0.2, -0.15) is 0 Å². The Kier molecular flexibility index (Phi) is 2.61. The van der Waals surface area contributed by atoms with Gasteiger partial charge in [-0.3, -0.25) is 10.2 Å². The molecule has 2 nitrogen and oxygen atoms in total. The fraction of sp³-hybridized carbons (Fsp3) is 0.273. The van der Waals surface area contributed by atoms with Crippen molar-refractivity contribution in [2.75, 3.05) is 0 Å². The lowest BCUT2D eigenvalue weighted by Crippen LogP contribution is -2.11. The van der Waals surface area contributed by atoms with Crippen molar-refractivity contribution in [3.63, 3.8) is 0 Å². The Hall–Kier alpha value is -1.44. The quantitative estimate of drug-likeness (QED) is 0.688. The summed E-state index contributed by atoms with van der Waals surface area (Å²) in [5, 5.41) is 7.57. The third-order valence-electron chi connectivity index (χ3n) is 2.01. The van der Waals surface area contributed by atoms with E-state index in [0.29, 0.717) is 0 Å². The van der Waals surface area contributed by atoms with Crippen LogP contribution in [0.5, 0.6) is 0 Å². The highest BCUT2D eigenvalue weighted by molar-refractivity contribution is 6.44. The number of benzene rings is 1. The van der Waals surface area contributed by atoms with Gasteiger partial charge in [0.25, 0.3) is 0 Å². The predicted molar refractivity (Wildman–Crippen MR) is 53.4 cm³/mol. The van der Waals surface area contributed by atoms with Gasteiger partial charge < -0.3 is 0 Å². The molecular formula is C11H13NO. The fourth-order valence-corrected chi connectivity index (χ4v) is 1.19. The van der Waals surface area contributed by atoms with Crippen molar-refractivity contribution >= 4 is 11.5 Å². The van der Waals surface area contributed by atoms with Gasteiger partial charge in [-0.1, -0.05) is 17.7 Å². The Morgan fingerprint density at radius 2 is 1.92 bits per heavy atom. The highest BCUT2D eigenvalue weighted by Crippen LogP contribution is 2.11. The maximum absolute atomic E-state index is 11.0. The summed E-state index contributed by atoms with van der Waals surface area (Å²) >= 11 is 0. The second-order valence-corrected chi connectivity index (χ2v) is 3.25. The highest BCUT2D eigenvalue weighted by Gasteiger charge is 2.08. The highest BCUT2D eigenvalue weighted by atomic mass is 16.1. The van der Waals surface area contributed by atoms with Crippen molar-refractivity contribution in [3.05, 3.63) is 34.9 Å². The molecule has 2 heteroatoms.